The molecule has 3 heterocycles. The molecule has 7 heteroatoms. The zero-order valence-corrected chi connectivity index (χ0v) is 12.1. The third-order valence-corrected chi connectivity index (χ3v) is 5.59. The molecule has 1 saturated carbocycles. The summed E-state index contributed by atoms with van der Waals surface area (Å²) in [5, 5.41) is 20.8. The minimum Gasteiger partial charge on any atom is -0.508 e. The minimum absolute atomic E-state index is 0.00722. The van der Waals surface area contributed by atoms with Gasteiger partial charge in [0.2, 0.25) is 0 Å². The molecule has 4 atom stereocenters. The highest BCUT2D eigenvalue weighted by Crippen LogP contribution is 2.68. The average molecular weight is 318 g/mol. The Morgan fingerprint density at radius 2 is 1.91 bits per heavy atom. The second-order valence-electron chi connectivity index (χ2n) is 6.91. The molecule has 0 amide bonds. The third-order valence-electron chi connectivity index (χ3n) is 5.59. The number of fused-ring (bicyclic) bond motifs is 3. The van der Waals surface area contributed by atoms with E-state index in [0.29, 0.717) is 11.3 Å². The molecule has 3 aliphatic heterocycles. The zero-order valence-electron chi connectivity index (χ0n) is 12.1. The lowest BCUT2D eigenvalue weighted by atomic mass is 9.73. The number of benzene rings is 1. The number of hydrogen-bond donors (Lipinski definition) is 2. The van der Waals surface area contributed by atoms with Crippen molar-refractivity contribution in [3.63, 3.8) is 0 Å². The Morgan fingerprint density at radius 3 is 2.74 bits per heavy atom. The van der Waals surface area contributed by atoms with Gasteiger partial charge in [0, 0.05) is 18.1 Å². The molecule has 7 nitrogen and oxygen atoms in total. The fraction of sp³-hybridized carbons (Fsp3) is 0.500. The van der Waals surface area contributed by atoms with E-state index in [1.54, 1.807) is 6.07 Å². The molecular weight excluding hydrogens is 304 g/mol. The van der Waals surface area contributed by atoms with E-state index in [0.717, 1.165) is 0 Å². The van der Waals surface area contributed by atoms with Gasteiger partial charge in [0.15, 0.2) is 11.2 Å². The van der Waals surface area contributed by atoms with Crippen molar-refractivity contribution in [1.82, 2.24) is 0 Å². The second-order valence-corrected chi connectivity index (χ2v) is 6.91. The van der Waals surface area contributed by atoms with Crippen molar-refractivity contribution in [3.05, 3.63) is 23.8 Å². The van der Waals surface area contributed by atoms with Crippen LogP contribution in [0.3, 0.4) is 0 Å². The largest absolute Gasteiger partial charge is 0.508 e. The lowest BCUT2D eigenvalue weighted by molar-refractivity contribution is -0.156. The monoisotopic (exact) mass is 318 g/mol. The van der Waals surface area contributed by atoms with Crippen molar-refractivity contribution in [1.29, 1.82) is 0 Å². The zero-order chi connectivity index (χ0) is 16.0. The summed E-state index contributed by atoms with van der Waals surface area (Å²) >= 11 is 0. The molecule has 1 aromatic carbocycles. The first-order valence-corrected chi connectivity index (χ1v) is 7.49. The second kappa shape index (κ2) is 3.62. The lowest BCUT2D eigenvalue weighted by Gasteiger charge is -2.41. The normalized spacial score (nSPS) is 42.9. The van der Waals surface area contributed by atoms with E-state index in [2.05, 4.69) is 0 Å². The number of ether oxygens (including phenoxy) is 3. The highest BCUT2D eigenvalue weighted by atomic mass is 16.6. The molecule has 23 heavy (non-hydrogen) atoms. The number of hydrogen-bond acceptors (Lipinski definition) is 7. The van der Waals surface area contributed by atoms with E-state index in [1.165, 1.54) is 12.1 Å². The Bertz CT molecular complexity index is 750. The van der Waals surface area contributed by atoms with Crippen molar-refractivity contribution in [2.24, 2.45) is 0 Å². The number of rotatable bonds is 0. The fourth-order valence-corrected chi connectivity index (χ4v) is 4.97. The minimum atomic E-state index is -1.29. The summed E-state index contributed by atoms with van der Waals surface area (Å²) in [6.07, 6.45) is -0.0283. The number of carbonyl (C=O) groups excluding carboxylic acids is 2. The van der Waals surface area contributed by atoms with E-state index in [4.69, 9.17) is 14.2 Å². The van der Waals surface area contributed by atoms with Crippen LogP contribution in [0.1, 0.15) is 30.7 Å². The first kappa shape index (κ1) is 13.2. The molecule has 5 rings (SSSR count). The van der Waals surface area contributed by atoms with Gasteiger partial charge >= 0.3 is 11.9 Å². The molecule has 0 radical (unpaired) electrons. The predicted octanol–water partition coefficient (Wildman–Crippen LogP) is 0.374. The van der Waals surface area contributed by atoms with Gasteiger partial charge < -0.3 is 24.4 Å². The summed E-state index contributed by atoms with van der Waals surface area (Å²) in [4.78, 5) is 23.9. The SMILES string of the molecule is O=C1CC23OC(=O)CC2(CC2(O)COc4cc(O)ccc4C23)O1. The third kappa shape index (κ3) is 1.35. The van der Waals surface area contributed by atoms with E-state index in [1.807, 2.05) is 0 Å². The molecule has 0 aromatic heterocycles. The topological polar surface area (TPSA) is 102 Å². The number of aliphatic hydroxyl groups is 1. The van der Waals surface area contributed by atoms with E-state index >= 15 is 0 Å². The number of phenolic OH excluding ortho intramolecular Hbond substituents is 1. The van der Waals surface area contributed by atoms with Crippen molar-refractivity contribution < 1.29 is 34.0 Å². The van der Waals surface area contributed by atoms with Gasteiger partial charge in [0.25, 0.3) is 0 Å². The first-order chi connectivity index (χ1) is 10.9. The van der Waals surface area contributed by atoms with Crippen LogP contribution in [-0.2, 0) is 19.1 Å². The molecule has 4 unspecified atom stereocenters. The van der Waals surface area contributed by atoms with Crippen molar-refractivity contribution in [2.45, 2.75) is 42.0 Å². The molecule has 120 valence electrons. The van der Waals surface area contributed by atoms with Gasteiger partial charge in [-0.05, 0) is 6.07 Å². The standard InChI is InChI=1S/C16H14O7/c17-8-1-2-9-10(3-8)21-7-14(20)6-15-4-11(18)23-16(15,13(9)14)5-12(19)22-15/h1-3,13,17,20H,4-7H2. The average Bonchev–Trinajstić information content (AvgIpc) is 2.90. The fourth-order valence-electron chi connectivity index (χ4n) is 4.97. The molecule has 4 aliphatic rings. The molecular formula is C16H14O7. The van der Waals surface area contributed by atoms with Crippen molar-refractivity contribution in [2.75, 3.05) is 6.61 Å². The molecule has 2 N–H and O–H groups in total. The van der Waals surface area contributed by atoms with E-state index < -0.39 is 34.7 Å². The van der Waals surface area contributed by atoms with Crippen LogP contribution in [0.15, 0.2) is 18.2 Å². The Labute approximate surface area is 130 Å². The van der Waals surface area contributed by atoms with Gasteiger partial charge in [0.1, 0.15) is 23.7 Å². The van der Waals surface area contributed by atoms with Crippen LogP contribution in [0.2, 0.25) is 0 Å². The van der Waals surface area contributed by atoms with Crippen LogP contribution in [0.25, 0.3) is 0 Å². The molecule has 0 spiro atoms. The van der Waals surface area contributed by atoms with Crippen LogP contribution in [0.5, 0.6) is 11.5 Å². The molecule has 3 fully saturated rings. The summed E-state index contributed by atoms with van der Waals surface area (Å²) in [5.41, 5.74) is -3.01. The van der Waals surface area contributed by atoms with Crippen LogP contribution >= 0.6 is 0 Å². The summed E-state index contributed by atoms with van der Waals surface area (Å²) in [6.45, 7) is -0.00722. The van der Waals surface area contributed by atoms with Gasteiger partial charge in [-0.1, -0.05) is 6.07 Å². The molecule has 2 saturated heterocycles. The highest BCUT2D eigenvalue weighted by molar-refractivity contribution is 5.84. The number of esters is 2. The Hall–Kier alpha value is -2.28. The van der Waals surface area contributed by atoms with Crippen molar-refractivity contribution >= 4 is 11.9 Å². The van der Waals surface area contributed by atoms with Crippen molar-refractivity contribution in [3.8, 4) is 11.5 Å². The van der Waals surface area contributed by atoms with Crippen LogP contribution in [0.4, 0.5) is 0 Å². The van der Waals surface area contributed by atoms with E-state index in [9.17, 15) is 19.8 Å². The van der Waals surface area contributed by atoms with Crippen LogP contribution in [-0.4, -0.2) is 45.6 Å². The molecule has 1 aromatic rings. The number of carbonyl (C=O) groups is 2. The smallest absolute Gasteiger partial charge is 0.310 e. The summed E-state index contributed by atoms with van der Waals surface area (Å²) in [5.74, 6) is -1.01. The quantitative estimate of drug-likeness (QED) is 0.666. The molecule has 0 bridgehead atoms. The van der Waals surface area contributed by atoms with Gasteiger partial charge in [-0.2, -0.15) is 0 Å². The van der Waals surface area contributed by atoms with Gasteiger partial charge in [-0.3, -0.25) is 9.59 Å². The highest BCUT2D eigenvalue weighted by Gasteiger charge is 2.82. The Morgan fingerprint density at radius 1 is 1.13 bits per heavy atom. The number of aromatic hydroxyl groups is 1. The van der Waals surface area contributed by atoms with E-state index in [-0.39, 0.29) is 31.6 Å². The Kier molecular flexibility index (Phi) is 2.07. The first-order valence-electron chi connectivity index (χ1n) is 7.49. The predicted molar refractivity (Wildman–Crippen MR) is 72.8 cm³/mol. The number of phenols is 1. The Balaban J connectivity index is 1.76. The maximum absolute atomic E-state index is 11.9. The maximum Gasteiger partial charge on any atom is 0.310 e. The maximum atomic E-state index is 11.9. The summed E-state index contributed by atoms with van der Waals surface area (Å²) in [7, 11) is 0. The summed E-state index contributed by atoms with van der Waals surface area (Å²) < 4.78 is 16.7. The van der Waals surface area contributed by atoms with Gasteiger partial charge in [0.05, 0.1) is 18.8 Å². The summed E-state index contributed by atoms with van der Waals surface area (Å²) in [6, 6.07) is 4.58. The van der Waals surface area contributed by atoms with Gasteiger partial charge in [-0.15, -0.1) is 0 Å². The molecule has 1 aliphatic carbocycles. The van der Waals surface area contributed by atoms with Crippen LogP contribution < -0.4 is 4.74 Å². The lowest BCUT2D eigenvalue weighted by Crippen LogP contribution is -2.50. The van der Waals surface area contributed by atoms with Crippen LogP contribution in [0, 0.1) is 0 Å². The van der Waals surface area contributed by atoms with Gasteiger partial charge in [-0.25, -0.2) is 0 Å².